The number of rotatable bonds is 6. The Morgan fingerprint density at radius 2 is 1.95 bits per heavy atom. The topological polar surface area (TPSA) is 80.2 Å². The summed E-state index contributed by atoms with van der Waals surface area (Å²) in [7, 11) is 0. The summed E-state index contributed by atoms with van der Waals surface area (Å²) < 4.78 is 48.0. The maximum Gasteiger partial charge on any atom is 0.435 e. The van der Waals surface area contributed by atoms with Crippen LogP contribution in [0.3, 0.4) is 0 Å². The van der Waals surface area contributed by atoms with Gasteiger partial charge in [-0.3, -0.25) is 4.79 Å². The molecule has 7 nitrogen and oxygen atoms in total. The molecule has 212 valence electrons. The van der Waals surface area contributed by atoms with Crippen molar-refractivity contribution in [2.45, 2.75) is 58.0 Å². The number of anilines is 1. The van der Waals surface area contributed by atoms with Gasteiger partial charge in [-0.1, -0.05) is 33.3 Å². The summed E-state index contributed by atoms with van der Waals surface area (Å²) >= 11 is 0. The van der Waals surface area contributed by atoms with Crippen molar-refractivity contribution < 1.29 is 22.7 Å². The van der Waals surface area contributed by atoms with E-state index in [9.17, 15) is 18.0 Å². The molecule has 0 saturated carbocycles. The second kappa shape index (κ2) is 10.7. The highest BCUT2D eigenvalue weighted by Crippen LogP contribution is 2.47. The van der Waals surface area contributed by atoms with Crippen LogP contribution in [0.2, 0.25) is 0 Å². The number of alkyl halides is 3. The lowest BCUT2D eigenvalue weighted by atomic mass is 9.63. The average Bonchev–Trinajstić information content (AvgIpc) is 2.95. The SMILES string of the molecule is CCOc1ncccc1-c1ccc2c(n1)C(=O)NCC21CCN(c2ccc(C(C)C)nc2C(F)(F)F)CC1CC. The average molecular weight is 554 g/mol. The van der Waals surface area contributed by atoms with Crippen molar-refractivity contribution in [1.82, 2.24) is 20.3 Å². The number of nitrogens with one attached hydrogen (secondary N) is 1. The van der Waals surface area contributed by atoms with Crippen molar-refractivity contribution in [2.24, 2.45) is 5.92 Å². The number of carbonyl (C=O) groups is 1. The third kappa shape index (κ3) is 4.88. The van der Waals surface area contributed by atoms with Crippen molar-refractivity contribution in [3.05, 3.63) is 65.2 Å². The fourth-order valence-corrected chi connectivity index (χ4v) is 6.09. The molecule has 5 heterocycles. The van der Waals surface area contributed by atoms with Crippen LogP contribution >= 0.6 is 0 Å². The molecule has 0 bridgehead atoms. The predicted molar refractivity (Wildman–Crippen MR) is 147 cm³/mol. The lowest BCUT2D eigenvalue weighted by Crippen LogP contribution is -2.58. The third-order valence-electron chi connectivity index (χ3n) is 8.18. The minimum absolute atomic E-state index is 0.0171. The van der Waals surface area contributed by atoms with Crippen LogP contribution in [0.4, 0.5) is 18.9 Å². The van der Waals surface area contributed by atoms with Gasteiger partial charge in [0.1, 0.15) is 5.69 Å². The number of hydrogen-bond donors (Lipinski definition) is 1. The van der Waals surface area contributed by atoms with E-state index in [0.717, 1.165) is 12.0 Å². The van der Waals surface area contributed by atoms with Crippen molar-refractivity contribution in [2.75, 3.05) is 31.1 Å². The molecular weight excluding hydrogens is 519 g/mol. The number of nitrogens with zero attached hydrogens (tertiary/aromatic N) is 4. The monoisotopic (exact) mass is 553 g/mol. The molecule has 10 heteroatoms. The number of ether oxygens (including phenoxy) is 1. The standard InChI is InChI=1S/C30H34F3N5O2/c1-5-19-16-38(24-12-11-22(18(3)4)37-26(24)30(31,32)33)15-13-29(19)17-35-27(39)25-21(29)9-10-23(36-25)20-8-7-14-34-28(20)40-6-2/h7-12,14,18-19H,5-6,13,15-17H2,1-4H3,(H,35,39). The molecule has 5 rings (SSSR count). The molecule has 0 aromatic carbocycles. The summed E-state index contributed by atoms with van der Waals surface area (Å²) in [5, 5.41) is 3.03. The summed E-state index contributed by atoms with van der Waals surface area (Å²) in [4.78, 5) is 28.0. The Morgan fingerprint density at radius 1 is 1.15 bits per heavy atom. The summed E-state index contributed by atoms with van der Waals surface area (Å²) in [6.45, 7) is 9.26. The van der Waals surface area contributed by atoms with Crippen molar-refractivity contribution in [3.63, 3.8) is 0 Å². The van der Waals surface area contributed by atoms with E-state index in [1.807, 2.05) is 45.9 Å². The van der Waals surface area contributed by atoms with Gasteiger partial charge in [0.05, 0.1) is 23.6 Å². The predicted octanol–water partition coefficient (Wildman–Crippen LogP) is 6.00. The lowest BCUT2D eigenvalue weighted by molar-refractivity contribution is -0.140. The van der Waals surface area contributed by atoms with Gasteiger partial charge in [0, 0.05) is 36.9 Å². The van der Waals surface area contributed by atoms with Crippen molar-refractivity contribution in [1.29, 1.82) is 0 Å². The zero-order valence-electron chi connectivity index (χ0n) is 23.2. The molecule has 1 fully saturated rings. The van der Waals surface area contributed by atoms with Gasteiger partial charge in [0.2, 0.25) is 5.88 Å². The van der Waals surface area contributed by atoms with E-state index >= 15 is 0 Å². The third-order valence-corrected chi connectivity index (χ3v) is 8.18. The van der Waals surface area contributed by atoms with Gasteiger partial charge in [-0.05, 0) is 61.1 Å². The summed E-state index contributed by atoms with van der Waals surface area (Å²) in [6, 6.07) is 10.7. The summed E-state index contributed by atoms with van der Waals surface area (Å²) in [6.07, 6.45) is -1.62. The molecule has 2 atom stereocenters. The zero-order valence-corrected chi connectivity index (χ0v) is 23.2. The van der Waals surface area contributed by atoms with E-state index in [-0.39, 0.29) is 23.4 Å². The van der Waals surface area contributed by atoms with Gasteiger partial charge in [0.15, 0.2) is 5.69 Å². The summed E-state index contributed by atoms with van der Waals surface area (Å²) in [5.74, 6) is 0.0609. The van der Waals surface area contributed by atoms with E-state index < -0.39 is 17.3 Å². The lowest BCUT2D eigenvalue weighted by Gasteiger charge is -2.51. The molecule has 2 unspecified atom stereocenters. The second-order valence-corrected chi connectivity index (χ2v) is 10.8. The molecule has 1 spiro atoms. The summed E-state index contributed by atoms with van der Waals surface area (Å²) in [5.41, 5.74) is 1.72. The molecule has 3 aromatic rings. The quantitative estimate of drug-likeness (QED) is 0.404. The first kappa shape index (κ1) is 27.9. The molecule has 3 aromatic heterocycles. The molecule has 2 aliphatic heterocycles. The van der Waals surface area contributed by atoms with Crippen LogP contribution in [0.15, 0.2) is 42.6 Å². The number of halogens is 3. The molecule has 1 N–H and O–H groups in total. The minimum Gasteiger partial charge on any atom is -0.477 e. The van der Waals surface area contributed by atoms with Gasteiger partial charge >= 0.3 is 6.18 Å². The van der Waals surface area contributed by atoms with Crippen LogP contribution in [0.1, 0.15) is 73.9 Å². The molecule has 2 aliphatic rings. The van der Waals surface area contributed by atoms with E-state index in [0.29, 0.717) is 61.2 Å². The first-order valence-electron chi connectivity index (χ1n) is 13.8. The Hall–Kier alpha value is -3.69. The van der Waals surface area contributed by atoms with Crippen molar-refractivity contribution >= 4 is 11.6 Å². The van der Waals surface area contributed by atoms with Gasteiger partial charge in [-0.15, -0.1) is 0 Å². The highest BCUT2D eigenvalue weighted by atomic mass is 19.4. The normalized spacial score (nSPS) is 20.9. The molecule has 40 heavy (non-hydrogen) atoms. The molecular formula is C30H34F3N5O2. The largest absolute Gasteiger partial charge is 0.477 e. The van der Waals surface area contributed by atoms with Gasteiger partial charge in [0.25, 0.3) is 5.91 Å². The van der Waals surface area contributed by atoms with Gasteiger partial charge < -0.3 is 15.0 Å². The van der Waals surface area contributed by atoms with Crippen LogP contribution in [-0.4, -0.2) is 47.1 Å². The minimum atomic E-state index is -4.56. The van der Waals surface area contributed by atoms with Crippen LogP contribution in [0.25, 0.3) is 11.3 Å². The molecule has 0 aliphatic carbocycles. The van der Waals surface area contributed by atoms with Crippen LogP contribution in [-0.2, 0) is 11.6 Å². The Kier molecular flexibility index (Phi) is 7.46. The van der Waals surface area contributed by atoms with E-state index in [2.05, 4.69) is 15.3 Å². The van der Waals surface area contributed by atoms with E-state index in [1.165, 1.54) is 0 Å². The highest BCUT2D eigenvalue weighted by molar-refractivity contribution is 5.96. The number of aromatic nitrogens is 3. The number of fused-ring (bicyclic) bond motifs is 2. The maximum atomic E-state index is 14.1. The Morgan fingerprint density at radius 3 is 2.65 bits per heavy atom. The number of amides is 1. The fraction of sp³-hybridized carbons (Fsp3) is 0.467. The maximum absolute atomic E-state index is 14.1. The first-order valence-corrected chi connectivity index (χ1v) is 13.8. The van der Waals surface area contributed by atoms with Gasteiger partial charge in [-0.25, -0.2) is 15.0 Å². The molecule has 1 saturated heterocycles. The fourth-order valence-electron chi connectivity index (χ4n) is 6.09. The smallest absolute Gasteiger partial charge is 0.435 e. The number of piperidine rings is 1. The number of hydrogen-bond acceptors (Lipinski definition) is 6. The first-order chi connectivity index (χ1) is 19.1. The second-order valence-electron chi connectivity index (χ2n) is 10.8. The molecule has 1 amide bonds. The Balaban J connectivity index is 1.51. The number of pyridine rings is 3. The van der Waals surface area contributed by atoms with Crippen molar-refractivity contribution in [3.8, 4) is 17.1 Å². The van der Waals surface area contributed by atoms with Gasteiger partial charge in [-0.2, -0.15) is 13.2 Å². The van der Waals surface area contributed by atoms with Crippen LogP contribution in [0, 0.1) is 5.92 Å². The molecule has 0 radical (unpaired) electrons. The zero-order chi connectivity index (χ0) is 28.7. The highest BCUT2D eigenvalue weighted by Gasteiger charge is 2.49. The van der Waals surface area contributed by atoms with Crippen LogP contribution < -0.4 is 15.0 Å². The Labute approximate surface area is 232 Å². The van der Waals surface area contributed by atoms with Crippen LogP contribution in [0.5, 0.6) is 5.88 Å². The number of carbonyl (C=O) groups excluding carboxylic acids is 1. The van der Waals surface area contributed by atoms with E-state index in [4.69, 9.17) is 9.72 Å². The Bertz CT molecular complexity index is 1410. The van der Waals surface area contributed by atoms with E-state index in [1.54, 1.807) is 29.3 Å².